The van der Waals surface area contributed by atoms with Gasteiger partial charge in [-0.1, -0.05) is 24.3 Å². The van der Waals surface area contributed by atoms with E-state index in [1.54, 1.807) is 24.3 Å². The molecule has 0 fully saturated rings. The highest BCUT2D eigenvalue weighted by atomic mass is 16.5. The summed E-state index contributed by atoms with van der Waals surface area (Å²) in [5.74, 6) is 0.499. The van der Waals surface area contributed by atoms with Gasteiger partial charge in [-0.2, -0.15) is 0 Å². The van der Waals surface area contributed by atoms with Crippen molar-refractivity contribution in [2.45, 2.75) is 6.92 Å². The van der Waals surface area contributed by atoms with Crippen molar-refractivity contribution in [2.24, 2.45) is 0 Å². The van der Waals surface area contributed by atoms with Gasteiger partial charge in [0.15, 0.2) is 6.61 Å². The summed E-state index contributed by atoms with van der Waals surface area (Å²) in [7, 11) is 0. The first kappa shape index (κ1) is 13.0. The van der Waals surface area contributed by atoms with Gasteiger partial charge in [0.25, 0.3) is 5.91 Å². The first-order valence-corrected chi connectivity index (χ1v) is 5.99. The predicted octanol–water partition coefficient (Wildman–Crippen LogP) is 2.59. The van der Waals surface area contributed by atoms with Crippen LogP contribution < -0.4 is 15.8 Å². The summed E-state index contributed by atoms with van der Waals surface area (Å²) in [6, 6.07) is 14.6. The van der Waals surface area contributed by atoms with Crippen molar-refractivity contribution in [3.05, 3.63) is 54.1 Å². The molecule has 0 spiro atoms. The fourth-order valence-electron chi connectivity index (χ4n) is 1.68. The number of nitrogens with two attached hydrogens (primary N) is 1. The van der Waals surface area contributed by atoms with E-state index in [1.807, 2.05) is 31.2 Å². The number of rotatable bonds is 4. The van der Waals surface area contributed by atoms with Gasteiger partial charge >= 0.3 is 0 Å². The molecule has 0 aromatic heterocycles. The van der Waals surface area contributed by atoms with Crippen molar-refractivity contribution in [1.82, 2.24) is 0 Å². The number of carbonyl (C=O) groups is 1. The number of amides is 1. The third-order valence-electron chi connectivity index (χ3n) is 2.62. The van der Waals surface area contributed by atoms with Crippen molar-refractivity contribution >= 4 is 17.3 Å². The molecule has 3 N–H and O–H groups in total. The van der Waals surface area contributed by atoms with Gasteiger partial charge in [0.1, 0.15) is 5.75 Å². The number of aryl methyl sites for hydroxylation is 1. The Kier molecular flexibility index (Phi) is 4.03. The Bertz CT molecular complexity index is 582. The van der Waals surface area contributed by atoms with E-state index in [4.69, 9.17) is 10.5 Å². The highest BCUT2D eigenvalue weighted by Crippen LogP contribution is 2.16. The molecule has 4 heteroatoms. The molecule has 0 bridgehead atoms. The van der Waals surface area contributed by atoms with E-state index >= 15 is 0 Å². The summed E-state index contributed by atoms with van der Waals surface area (Å²) in [5.41, 5.74) is 7.91. The lowest BCUT2D eigenvalue weighted by Crippen LogP contribution is -2.20. The summed E-state index contributed by atoms with van der Waals surface area (Å²) in [4.78, 5) is 11.7. The van der Waals surface area contributed by atoms with E-state index in [1.165, 1.54) is 0 Å². The number of hydrogen-bond donors (Lipinski definition) is 2. The molecule has 0 heterocycles. The van der Waals surface area contributed by atoms with E-state index in [0.29, 0.717) is 17.1 Å². The lowest BCUT2D eigenvalue weighted by molar-refractivity contribution is -0.118. The maximum Gasteiger partial charge on any atom is 0.262 e. The molecule has 2 aromatic carbocycles. The molecule has 0 atom stereocenters. The van der Waals surface area contributed by atoms with Crippen LogP contribution in [-0.2, 0) is 4.79 Å². The normalized spacial score (nSPS) is 9.95. The van der Waals surface area contributed by atoms with Gasteiger partial charge in [-0.25, -0.2) is 0 Å². The largest absolute Gasteiger partial charge is 0.483 e. The molecule has 4 nitrogen and oxygen atoms in total. The Balaban J connectivity index is 1.90. The van der Waals surface area contributed by atoms with Crippen LogP contribution >= 0.6 is 0 Å². The Morgan fingerprint density at radius 3 is 2.74 bits per heavy atom. The Morgan fingerprint density at radius 2 is 2.00 bits per heavy atom. The molecule has 0 saturated heterocycles. The second kappa shape index (κ2) is 5.91. The summed E-state index contributed by atoms with van der Waals surface area (Å²) in [6.07, 6.45) is 0. The lowest BCUT2D eigenvalue weighted by atomic mass is 10.2. The smallest absolute Gasteiger partial charge is 0.262 e. The van der Waals surface area contributed by atoms with Crippen molar-refractivity contribution in [3.8, 4) is 5.75 Å². The molecule has 0 aliphatic carbocycles. The zero-order valence-corrected chi connectivity index (χ0v) is 10.7. The molecular formula is C15H16N2O2. The minimum Gasteiger partial charge on any atom is -0.483 e. The molecule has 0 unspecified atom stereocenters. The van der Waals surface area contributed by atoms with Crippen LogP contribution in [0.25, 0.3) is 0 Å². The number of carbonyl (C=O) groups excluding carboxylic acids is 1. The first-order valence-electron chi connectivity index (χ1n) is 5.99. The van der Waals surface area contributed by atoms with E-state index in [9.17, 15) is 4.79 Å². The molecule has 2 rings (SSSR count). The summed E-state index contributed by atoms with van der Waals surface area (Å²) >= 11 is 0. The summed E-state index contributed by atoms with van der Waals surface area (Å²) in [5, 5.41) is 2.73. The first-order chi connectivity index (χ1) is 9.15. The van der Waals surface area contributed by atoms with E-state index in [0.717, 1.165) is 5.56 Å². The van der Waals surface area contributed by atoms with Gasteiger partial charge in [-0.15, -0.1) is 0 Å². The summed E-state index contributed by atoms with van der Waals surface area (Å²) < 4.78 is 5.46. The molecule has 98 valence electrons. The maximum atomic E-state index is 11.7. The third-order valence-corrected chi connectivity index (χ3v) is 2.62. The fourth-order valence-corrected chi connectivity index (χ4v) is 1.68. The number of nitrogen functional groups attached to an aromatic ring is 1. The number of para-hydroxylation sites is 1. The van der Waals surface area contributed by atoms with Gasteiger partial charge in [0.05, 0.1) is 0 Å². The van der Waals surface area contributed by atoms with Gasteiger partial charge in [-0.3, -0.25) is 4.79 Å². The van der Waals surface area contributed by atoms with Crippen molar-refractivity contribution in [1.29, 1.82) is 0 Å². The Hall–Kier alpha value is -2.49. The lowest BCUT2D eigenvalue weighted by Gasteiger charge is -2.09. The number of anilines is 2. The molecule has 0 radical (unpaired) electrons. The van der Waals surface area contributed by atoms with Gasteiger partial charge in [0, 0.05) is 11.4 Å². The zero-order valence-electron chi connectivity index (χ0n) is 10.7. The number of benzene rings is 2. The van der Waals surface area contributed by atoms with E-state index in [2.05, 4.69) is 5.32 Å². The number of nitrogens with one attached hydrogen (secondary N) is 1. The Morgan fingerprint density at radius 1 is 1.21 bits per heavy atom. The van der Waals surface area contributed by atoms with Crippen LogP contribution in [0.4, 0.5) is 11.4 Å². The fraction of sp³-hybridized carbons (Fsp3) is 0.133. The minimum atomic E-state index is -0.214. The maximum absolute atomic E-state index is 11.7. The number of ether oxygens (including phenoxy) is 1. The standard InChI is InChI=1S/C15H16N2O2/c1-11-5-2-3-8-14(11)19-10-15(18)17-13-7-4-6-12(16)9-13/h2-9H,10,16H2,1H3,(H,17,18). The van der Waals surface area contributed by atoms with Gasteiger partial charge in [-0.05, 0) is 36.8 Å². The highest BCUT2D eigenvalue weighted by molar-refractivity contribution is 5.92. The molecule has 0 saturated carbocycles. The Labute approximate surface area is 112 Å². The van der Waals surface area contributed by atoms with Gasteiger partial charge in [0.2, 0.25) is 0 Å². The van der Waals surface area contributed by atoms with E-state index in [-0.39, 0.29) is 12.5 Å². The average Bonchev–Trinajstić information content (AvgIpc) is 2.38. The quantitative estimate of drug-likeness (QED) is 0.826. The van der Waals surface area contributed by atoms with Gasteiger partial charge < -0.3 is 15.8 Å². The zero-order chi connectivity index (χ0) is 13.7. The van der Waals surface area contributed by atoms with Crippen LogP contribution in [0.3, 0.4) is 0 Å². The van der Waals surface area contributed by atoms with Crippen LogP contribution in [0.1, 0.15) is 5.56 Å². The summed E-state index contributed by atoms with van der Waals surface area (Å²) in [6.45, 7) is 1.91. The molecule has 0 aliphatic heterocycles. The van der Waals surface area contributed by atoms with E-state index < -0.39 is 0 Å². The van der Waals surface area contributed by atoms with Crippen molar-refractivity contribution < 1.29 is 9.53 Å². The van der Waals surface area contributed by atoms with Crippen molar-refractivity contribution in [3.63, 3.8) is 0 Å². The predicted molar refractivity (Wildman–Crippen MR) is 76.2 cm³/mol. The average molecular weight is 256 g/mol. The molecular weight excluding hydrogens is 240 g/mol. The van der Waals surface area contributed by atoms with Crippen molar-refractivity contribution in [2.75, 3.05) is 17.7 Å². The monoisotopic (exact) mass is 256 g/mol. The van der Waals surface area contributed by atoms with Crippen LogP contribution in [-0.4, -0.2) is 12.5 Å². The number of hydrogen-bond acceptors (Lipinski definition) is 3. The molecule has 2 aromatic rings. The highest BCUT2D eigenvalue weighted by Gasteiger charge is 2.05. The molecule has 0 aliphatic rings. The van der Waals surface area contributed by atoms with Crippen LogP contribution in [0.5, 0.6) is 5.75 Å². The second-order valence-corrected chi connectivity index (χ2v) is 4.23. The van der Waals surface area contributed by atoms with Crippen LogP contribution in [0, 0.1) is 6.92 Å². The van der Waals surface area contributed by atoms with Crippen LogP contribution in [0.15, 0.2) is 48.5 Å². The SMILES string of the molecule is Cc1ccccc1OCC(=O)Nc1cccc(N)c1. The van der Waals surface area contributed by atoms with Crippen LogP contribution in [0.2, 0.25) is 0 Å². The second-order valence-electron chi connectivity index (χ2n) is 4.23. The molecule has 1 amide bonds. The topological polar surface area (TPSA) is 64.3 Å². The third kappa shape index (κ3) is 3.74. The molecule has 19 heavy (non-hydrogen) atoms. The minimum absolute atomic E-state index is 0.0281.